The maximum Gasteiger partial charge on any atom is 0.307 e. The topological polar surface area (TPSA) is 32.8 Å². The Labute approximate surface area is 177 Å². The summed E-state index contributed by atoms with van der Waals surface area (Å²) in [4.78, 5) is 11.3. The number of esters is 1. The first-order chi connectivity index (χ1) is 10.2. The molecule has 0 saturated heterocycles. The molecule has 126 valence electrons. The molecule has 0 unspecified atom stereocenters. The van der Waals surface area contributed by atoms with Crippen molar-refractivity contribution in [2.75, 3.05) is 26.2 Å². The summed E-state index contributed by atoms with van der Waals surface area (Å²) in [6.07, 6.45) is 5.43. The lowest BCUT2D eigenvalue weighted by Crippen LogP contribution is -2.20. The van der Waals surface area contributed by atoms with Gasteiger partial charge in [-0.15, -0.1) is 0 Å². The summed E-state index contributed by atoms with van der Waals surface area (Å²) < 4.78 is 9.48. The second-order valence-electron chi connectivity index (χ2n) is 4.16. The molecule has 21 heavy (non-hydrogen) atoms. The zero-order valence-corrected chi connectivity index (χ0v) is 20.9. The van der Waals surface area contributed by atoms with Gasteiger partial charge in [0.05, 0.1) is 13.0 Å². The van der Waals surface area contributed by atoms with Gasteiger partial charge in [0.1, 0.15) is 0 Å². The Morgan fingerprint density at radius 2 is 1.57 bits per heavy atom. The van der Waals surface area contributed by atoms with Crippen LogP contribution in [0.25, 0.3) is 0 Å². The number of carbonyl (C=O) groups is 1. The minimum atomic E-state index is -0.0966. The zero-order chi connectivity index (χ0) is 15.9. The lowest BCUT2D eigenvalue weighted by Gasteiger charge is -2.17. The quantitative estimate of drug-likeness (QED) is 0.0944. The second-order valence-corrected chi connectivity index (χ2v) is 9.75. The number of hydrogen-bond donors (Lipinski definition) is 0. The molecule has 0 N–H and O–H groups in total. The fraction of sp³-hybridized carbons (Fsp3) is 0.909. The molecular formula is C11H21I3N2O2S3. The molecule has 0 amide bonds. The number of hydrogen-bond acceptors (Lipinski definition) is 7. The molecule has 0 heterocycles. The van der Waals surface area contributed by atoms with Crippen LogP contribution in [0.15, 0.2) is 0 Å². The molecule has 0 aromatic rings. The fourth-order valence-corrected chi connectivity index (χ4v) is 9.01. The Hall–Kier alpha value is 2.63. The SMILES string of the molecule is CCOC(=O)CCN(CCCCCCN(SI)SI)SI. The van der Waals surface area contributed by atoms with Crippen LogP contribution in [0.1, 0.15) is 39.0 Å². The van der Waals surface area contributed by atoms with Crippen LogP contribution in [0.5, 0.6) is 0 Å². The van der Waals surface area contributed by atoms with E-state index in [1.165, 1.54) is 25.7 Å². The van der Waals surface area contributed by atoms with Crippen LogP contribution in [0.4, 0.5) is 0 Å². The van der Waals surface area contributed by atoms with Crippen molar-refractivity contribution in [1.82, 2.24) is 8.02 Å². The highest BCUT2D eigenvalue weighted by Gasteiger charge is 2.08. The summed E-state index contributed by atoms with van der Waals surface area (Å²) >= 11 is 6.92. The van der Waals surface area contributed by atoms with Crippen LogP contribution >= 0.6 is 91.0 Å². The zero-order valence-electron chi connectivity index (χ0n) is 11.9. The first-order valence-electron chi connectivity index (χ1n) is 6.72. The average Bonchev–Trinajstić information content (AvgIpc) is 2.50. The molecule has 0 spiro atoms. The van der Waals surface area contributed by atoms with Crippen molar-refractivity contribution in [3.63, 3.8) is 0 Å². The van der Waals surface area contributed by atoms with Crippen LogP contribution in [0, 0.1) is 0 Å². The van der Waals surface area contributed by atoms with E-state index in [2.05, 4.69) is 71.6 Å². The highest BCUT2D eigenvalue weighted by molar-refractivity contribution is 14.2. The van der Waals surface area contributed by atoms with E-state index in [4.69, 9.17) is 4.74 Å². The predicted molar refractivity (Wildman–Crippen MR) is 123 cm³/mol. The van der Waals surface area contributed by atoms with Gasteiger partial charge in [0.25, 0.3) is 0 Å². The van der Waals surface area contributed by atoms with Crippen molar-refractivity contribution in [1.29, 1.82) is 0 Å². The molecule has 0 atom stereocenters. The first kappa shape index (κ1) is 23.6. The Kier molecular flexibility index (Phi) is 19.6. The smallest absolute Gasteiger partial charge is 0.307 e. The number of nitrogens with zero attached hydrogens (tertiary/aromatic N) is 2. The molecule has 0 aromatic heterocycles. The lowest BCUT2D eigenvalue weighted by molar-refractivity contribution is -0.143. The average molecular weight is 690 g/mol. The molecular weight excluding hydrogens is 669 g/mol. The van der Waals surface area contributed by atoms with E-state index in [9.17, 15) is 4.79 Å². The summed E-state index contributed by atoms with van der Waals surface area (Å²) in [5, 5.41) is 0. The molecule has 0 aliphatic heterocycles. The normalized spacial score (nSPS) is 11.3. The molecule has 0 bridgehead atoms. The molecule has 0 fully saturated rings. The van der Waals surface area contributed by atoms with Crippen LogP contribution in [0.2, 0.25) is 0 Å². The predicted octanol–water partition coefficient (Wildman–Crippen LogP) is 6.10. The van der Waals surface area contributed by atoms with Gasteiger partial charge in [-0.3, -0.25) is 4.79 Å². The fourth-order valence-electron chi connectivity index (χ4n) is 1.59. The maximum absolute atomic E-state index is 11.3. The van der Waals surface area contributed by atoms with Crippen molar-refractivity contribution in [2.45, 2.75) is 39.0 Å². The van der Waals surface area contributed by atoms with E-state index in [-0.39, 0.29) is 5.97 Å². The van der Waals surface area contributed by atoms with Gasteiger partial charge in [-0.05, 0) is 28.9 Å². The van der Waals surface area contributed by atoms with E-state index >= 15 is 0 Å². The van der Waals surface area contributed by atoms with E-state index in [1.54, 1.807) is 27.4 Å². The van der Waals surface area contributed by atoms with Gasteiger partial charge in [0.2, 0.25) is 0 Å². The number of carbonyl (C=O) groups excluding carboxylic acids is 1. The Morgan fingerprint density at radius 1 is 0.952 bits per heavy atom. The van der Waals surface area contributed by atoms with Gasteiger partial charge in [-0.1, -0.05) is 12.8 Å². The summed E-state index contributed by atoms with van der Waals surface area (Å²) in [5.74, 6) is -0.0966. The Bertz CT molecular complexity index is 265. The molecule has 10 heteroatoms. The highest BCUT2D eigenvalue weighted by atomic mass is 127. The van der Waals surface area contributed by atoms with Gasteiger partial charge in [0.15, 0.2) is 0 Å². The summed E-state index contributed by atoms with van der Waals surface area (Å²) in [6, 6.07) is 0. The second kappa shape index (κ2) is 17.5. The van der Waals surface area contributed by atoms with Crippen molar-refractivity contribution in [2.24, 2.45) is 0 Å². The molecule has 0 aliphatic carbocycles. The van der Waals surface area contributed by atoms with Crippen molar-refractivity contribution >= 4 is 96.9 Å². The monoisotopic (exact) mass is 690 g/mol. The minimum absolute atomic E-state index is 0.0966. The number of halogens is 3. The highest BCUT2D eigenvalue weighted by Crippen LogP contribution is 2.32. The van der Waals surface area contributed by atoms with E-state index < -0.39 is 0 Å². The third kappa shape index (κ3) is 14.7. The standard InChI is InChI=1S/C11H21I3N2O2S3/c1-2-18-11(17)7-10-15(19-12)8-5-3-4-6-9-16(20-13)21-14/h2-10H2,1H3. The van der Waals surface area contributed by atoms with Crippen molar-refractivity contribution < 1.29 is 9.53 Å². The molecule has 0 saturated carbocycles. The van der Waals surface area contributed by atoms with Gasteiger partial charge in [-0.25, -0.2) is 4.31 Å². The molecule has 4 nitrogen and oxygen atoms in total. The summed E-state index contributed by atoms with van der Waals surface area (Å²) in [5.41, 5.74) is 0. The number of ether oxygens (including phenoxy) is 1. The first-order valence-corrected chi connectivity index (χ1v) is 16.7. The van der Waals surface area contributed by atoms with Crippen LogP contribution in [-0.2, 0) is 9.53 Å². The van der Waals surface area contributed by atoms with Gasteiger partial charge < -0.3 is 4.74 Å². The lowest BCUT2D eigenvalue weighted by atomic mass is 10.2. The number of rotatable bonds is 14. The van der Waals surface area contributed by atoms with Crippen LogP contribution < -0.4 is 0 Å². The van der Waals surface area contributed by atoms with E-state index in [1.807, 2.05) is 6.92 Å². The molecule has 0 aromatic carbocycles. The Morgan fingerprint density at radius 3 is 2.10 bits per heavy atom. The molecule has 0 rings (SSSR count). The summed E-state index contributed by atoms with van der Waals surface area (Å²) in [7, 11) is 5.20. The van der Waals surface area contributed by atoms with Gasteiger partial charge in [-0.2, -0.15) is 3.71 Å². The third-order valence-corrected chi connectivity index (χ3v) is 10.4. The van der Waals surface area contributed by atoms with Crippen molar-refractivity contribution in [3.8, 4) is 0 Å². The minimum Gasteiger partial charge on any atom is -0.466 e. The van der Waals surface area contributed by atoms with Crippen molar-refractivity contribution in [3.05, 3.63) is 0 Å². The largest absolute Gasteiger partial charge is 0.466 e. The summed E-state index contributed by atoms with van der Waals surface area (Å²) in [6.45, 7) is 5.26. The molecule has 0 aliphatic rings. The number of unbranched alkanes of at least 4 members (excludes halogenated alkanes) is 3. The van der Waals surface area contributed by atoms with E-state index in [0.29, 0.717) is 13.0 Å². The third-order valence-electron chi connectivity index (χ3n) is 2.62. The van der Waals surface area contributed by atoms with E-state index in [0.717, 1.165) is 19.6 Å². The van der Waals surface area contributed by atoms with Gasteiger partial charge in [0, 0.05) is 101 Å². The maximum atomic E-state index is 11.3. The van der Waals surface area contributed by atoms with Crippen LogP contribution in [0.3, 0.4) is 0 Å². The van der Waals surface area contributed by atoms with Crippen LogP contribution in [-0.4, -0.2) is 40.2 Å². The molecule has 0 radical (unpaired) electrons. The Balaban J connectivity index is 3.56. The van der Waals surface area contributed by atoms with Gasteiger partial charge >= 0.3 is 5.97 Å².